The quantitative estimate of drug-likeness (QED) is 0.793. The fourth-order valence-electron chi connectivity index (χ4n) is 3.23. The van der Waals surface area contributed by atoms with Gasteiger partial charge in [-0.25, -0.2) is 0 Å². The van der Waals surface area contributed by atoms with E-state index >= 15 is 0 Å². The second-order valence-electron chi connectivity index (χ2n) is 5.70. The standard InChI is InChI=1S/C17H14N2O4/c20-15-12-4-1-2-5-13(12)16(21)19(15)11-7-8-18(10-11)17(22)14-6-3-9-23-14/h1-6,9,11H,7-8,10H2. The molecule has 1 fully saturated rings. The van der Waals surface area contributed by atoms with E-state index in [1.165, 1.54) is 11.2 Å². The molecule has 4 rings (SSSR count). The molecule has 1 saturated heterocycles. The van der Waals surface area contributed by atoms with E-state index < -0.39 is 0 Å². The molecular weight excluding hydrogens is 296 g/mol. The van der Waals surface area contributed by atoms with Crippen molar-refractivity contribution < 1.29 is 18.8 Å². The Bertz CT molecular complexity index is 762. The molecule has 0 spiro atoms. The molecule has 0 radical (unpaired) electrons. The number of imide groups is 1. The van der Waals surface area contributed by atoms with Crippen molar-refractivity contribution in [2.24, 2.45) is 0 Å². The zero-order chi connectivity index (χ0) is 16.0. The Morgan fingerprint density at radius 2 is 1.74 bits per heavy atom. The molecule has 1 atom stereocenters. The van der Waals surface area contributed by atoms with Gasteiger partial charge in [0.05, 0.1) is 23.4 Å². The third kappa shape index (κ3) is 2.06. The monoisotopic (exact) mass is 310 g/mol. The molecule has 2 aliphatic rings. The lowest BCUT2D eigenvalue weighted by molar-refractivity contribution is 0.0572. The van der Waals surface area contributed by atoms with Crippen LogP contribution in [0.15, 0.2) is 47.1 Å². The summed E-state index contributed by atoms with van der Waals surface area (Å²) in [5, 5.41) is 0. The van der Waals surface area contributed by atoms with Crippen LogP contribution < -0.4 is 0 Å². The summed E-state index contributed by atoms with van der Waals surface area (Å²) in [6, 6.07) is 9.79. The van der Waals surface area contributed by atoms with Crippen LogP contribution in [0.1, 0.15) is 37.7 Å². The molecule has 2 aromatic rings. The van der Waals surface area contributed by atoms with E-state index in [0.29, 0.717) is 30.6 Å². The van der Waals surface area contributed by atoms with Crippen LogP contribution in [-0.4, -0.2) is 46.7 Å². The summed E-state index contributed by atoms with van der Waals surface area (Å²) in [5.41, 5.74) is 0.877. The normalized spacial score (nSPS) is 20.3. The third-order valence-electron chi connectivity index (χ3n) is 4.37. The second kappa shape index (κ2) is 5.08. The summed E-state index contributed by atoms with van der Waals surface area (Å²) < 4.78 is 5.12. The number of fused-ring (bicyclic) bond motifs is 1. The van der Waals surface area contributed by atoms with Crippen molar-refractivity contribution in [2.75, 3.05) is 13.1 Å². The highest BCUT2D eigenvalue weighted by molar-refractivity contribution is 6.21. The smallest absolute Gasteiger partial charge is 0.289 e. The molecule has 23 heavy (non-hydrogen) atoms. The summed E-state index contributed by atoms with van der Waals surface area (Å²) in [6.07, 6.45) is 2.03. The average Bonchev–Trinajstić information content (AvgIpc) is 3.29. The van der Waals surface area contributed by atoms with Crippen LogP contribution >= 0.6 is 0 Å². The summed E-state index contributed by atoms with van der Waals surface area (Å²) in [4.78, 5) is 40.2. The molecule has 0 saturated carbocycles. The molecule has 0 aliphatic carbocycles. The van der Waals surface area contributed by atoms with E-state index in [1.54, 1.807) is 41.3 Å². The first kappa shape index (κ1) is 13.8. The average molecular weight is 310 g/mol. The van der Waals surface area contributed by atoms with E-state index in [-0.39, 0.29) is 29.5 Å². The van der Waals surface area contributed by atoms with Gasteiger partial charge in [0.2, 0.25) is 0 Å². The molecule has 6 heteroatoms. The summed E-state index contributed by atoms with van der Waals surface area (Å²) in [6.45, 7) is 0.836. The molecule has 1 aromatic carbocycles. The highest BCUT2D eigenvalue weighted by Gasteiger charge is 2.43. The van der Waals surface area contributed by atoms with Crippen LogP contribution in [0.3, 0.4) is 0 Å². The number of hydrogen-bond acceptors (Lipinski definition) is 4. The lowest BCUT2D eigenvalue weighted by Crippen LogP contribution is -2.42. The molecule has 1 unspecified atom stereocenters. The van der Waals surface area contributed by atoms with Crippen molar-refractivity contribution in [3.63, 3.8) is 0 Å². The van der Waals surface area contributed by atoms with Gasteiger partial charge in [0.15, 0.2) is 5.76 Å². The van der Waals surface area contributed by atoms with Crippen molar-refractivity contribution >= 4 is 17.7 Å². The number of furan rings is 1. The van der Waals surface area contributed by atoms with Crippen LogP contribution in [-0.2, 0) is 0 Å². The molecule has 1 aromatic heterocycles. The van der Waals surface area contributed by atoms with E-state index in [1.807, 2.05) is 0 Å². The molecular formula is C17H14N2O4. The van der Waals surface area contributed by atoms with Gasteiger partial charge >= 0.3 is 0 Å². The Morgan fingerprint density at radius 3 is 2.35 bits per heavy atom. The van der Waals surface area contributed by atoms with Gasteiger partial charge in [0.1, 0.15) is 0 Å². The van der Waals surface area contributed by atoms with Gasteiger partial charge in [-0.05, 0) is 30.7 Å². The Labute approximate surface area is 132 Å². The minimum atomic E-state index is -0.290. The minimum absolute atomic E-state index is 0.214. The van der Waals surface area contributed by atoms with Crippen molar-refractivity contribution in [3.05, 3.63) is 59.5 Å². The van der Waals surface area contributed by atoms with Gasteiger partial charge in [-0.3, -0.25) is 19.3 Å². The van der Waals surface area contributed by atoms with Gasteiger partial charge in [-0.2, -0.15) is 0 Å². The molecule has 3 amide bonds. The van der Waals surface area contributed by atoms with Crippen LogP contribution in [0.4, 0.5) is 0 Å². The topological polar surface area (TPSA) is 70.8 Å². The zero-order valence-corrected chi connectivity index (χ0v) is 12.3. The van der Waals surface area contributed by atoms with E-state index in [0.717, 1.165) is 0 Å². The molecule has 6 nitrogen and oxygen atoms in total. The lowest BCUT2D eigenvalue weighted by atomic mass is 10.1. The Hall–Kier alpha value is -2.89. The minimum Gasteiger partial charge on any atom is -0.459 e. The van der Waals surface area contributed by atoms with E-state index in [2.05, 4.69) is 0 Å². The zero-order valence-electron chi connectivity index (χ0n) is 12.3. The predicted molar refractivity (Wildman–Crippen MR) is 80.0 cm³/mol. The number of nitrogens with zero attached hydrogens (tertiary/aromatic N) is 2. The molecule has 2 aliphatic heterocycles. The lowest BCUT2D eigenvalue weighted by Gasteiger charge is -2.22. The van der Waals surface area contributed by atoms with Gasteiger partial charge < -0.3 is 9.32 Å². The predicted octanol–water partition coefficient (Wildman–Crippen LogP) is 1.79. The second-order valence-corrected chi connectivity index (χ2v) is 5.70. The number of carbonyl (C=O) groups excluding carboxylic acids is 3. The Morgan fingerprint density at radius 1 is 1.04 bits per heavy atom. The third-order valence-corrected chi connectivity index (χ3v) is 4.37. The number of hydrogen-bond donors (Lipinski definition) is 0. The number of benzene rings is 1. The number of carbonyl (C=O) groups is 3. The summed E-state index contributed by atoms with van der Waals surface area (Å²) >= 11 is 0. The Balaban J connectivity index is 1.54. The van der Waals surface area contributed by atoms with Gasteiger partial charge in [-0.1, -0.05) is 12.1 Å². The van der Waals surface area contributed by atoms with Crippen LogP contribution in [0, 0.1) is 0 Å². The van der Waals surface area contributed by atoms with Crippen LogP contribution in [0.2, 0.25) is 0 Å². The first-order valence-electron chi connectivity index (χ1n) is 7.46. The number of rotatable bonds is 2. The largest absolute Gasteiger partial charge is 0.459 e. The fraction of sp³-hybridized carbons (Fsp3) is 0.235. The van der Waals surface area contributed by atoms with Gasteiger partial charge in [-0.15, -0.1) is 0 Å². The molecule has 116 valence electrons. The SMILES string of the molecule is O=C(c1ccco1)N1CCC(N2C(=O)c3ccccc3C2=O)C1. The highest BCUT2D eigenvalue weighted by Crippen LogP contribution is 2.28. The molecule has 0 N–H and O–H groups in total. The Kier molecular flexibility index (Phi) is 3.04. The van der Waals surface area contributed by atoms with Crippen molar-refractivity contribution in [1.82, 2.24) is 9.80 Å². The van der Waals surface area contributed by atoms with Gasteiger partial charge in [0, 0.05) is 13.1 Å². The van der Waals surface area contributed by atoms with Crippen LogP contribution in [0.25, 0.3) is 0 Å². The van der Waals surface area contributed by atoms with Crippen LogP contribution in [0.5, 0.6) is 0 Å². The number of amides is 3. The maximum Gasteiger partial charge on any atom is 0.289 e. The van der Waals surface area contributed by atoms with Crippen molar-refractivity contribution in [3.8, 4) is 0 Å². The molecule has 3 heterocycles. The van der Waals surface area contributed by atoms with E-state index in [9.17, 15) is 14.4 Å². The van der Waals surface area contributed by atoms with Gasteiger partial charge in [0.25, 0.3) is 17.7 Å². The first-order valence-corrected chi connectivity index (χ1v) is 7.46. The summed E-state index contributed by atoms with van der Waals surface area (Å²) in [5.74, 6) is -0.493. The highest BCUT2D eigenvalue weighted by atomic mass is 16.3. The number of likely N-dealkylation sites (tertiary alicyclic amines) is 1. The van der Waals surface area contributed by atoms with E-state index in [4.69, 9.17) is 4.42 Å². The van der Waals surface area contributed by atoms with Crippen molar-refractivity contribution in [1.29, 1.82) is 0 Å². The van der Waals surface area contributed by atoms with Crippen molar-refractivity contribution in [2.45, 2.75) is 12.5 Å². The summed E-state index contributed by atoms with van der Waals surface area (Å²) in [7, 11) is 0. The first-order chi connectivity index (χ1) is 11.2. The maximum atomic E-state index is 12.5. The fourth-order valence-corrected chi connectivity index (χ4v) is 3.23. The maximum absolute atomic E-state index is 12.5. The molecule has 0 bridgehead atoms.